The number of aryl methyl sites for hydroxylation is 1. The Kier molecular flexibility index (Phi) is 2.57. The SMILES string of the molecule is Cn1ccnc(-n2cnc(C(N)=NO)n2)c1=O. The van der Waals surface area contributed by atoms with Crippen molar-refractivity contribution in [1.82, 2.24) is 24.3 Å². The molecule has 0 aliphatic rings. The van der Waals surface area contributed by atoms with Gasteiger partial charge in [0, 0.05) is 19.4 Å². The minimum atomic E-state index is -0.330. The summed E-state index contributed by atoms with van der Waals surface area (Å²) in [5, 5.41) is 15.1. The van der Waals surface area contributed by atoms with Crippen LogP contribution in [0.1, 0.15) is 5.82 Å². The molecule has 2 aromatic heterocycles. The number of amidine groups is 1. The summed E-state index contributed by atoms with van der Waals surface area (Å²) >= 11 is 0. The Morgan fingerprint density at radius 2 is 2.29 bits per heavy atom. The molecule has 17 heavy (non-hydrogen) atoms. The second kappa shape index (κ2) is 4.04. The summed E-state index contributed by atoms with van der Waals surface area (Å²) < 4.78 is 2.52. The average Bonchev–Trinajstić information content (AvgIpc) is 2.81. The van der Waals surface area contributed by atoms with E-state index in [-0.39, 0.29) is 23.0 Å². The average molecular weight is 235 g/mol. The zero-order chi connectivity index (χ0) is 12.4. The highest BCUT2D eigenvalue weighted by molar-refractivity contribution is 5.93. The molecule has 2 heterocycles. The first kappa shape index (κ1) is 10.8. The van der Waals surface area contributed by atoms with E-state index in [0.717, 1.165) is 4.68 Å². The van der Waals surface area contributed by atoms with Gasteiger partial charge in [0.05, 0.1) is 0 Å². The summed E-state index contributed by atoms with van der Waals surface area (Å²) in [4.78, 5) is 19.4. The third-order valence-electron chi connectivity index (χ3n) is 2.04. The number of hydrogen-bond acceptors (Lipinski definition) is 6. The maximum absolute atomic E-state index is 11.7. The fourth-order valence-corrected chi connectivity index (χ4v) is 1.17. The molecule has 0 amide bonds. The van der Waals surface area contributed by atoms with E-state index in [2.05, 4.69) is 20.2 Å². The van der Waals surface area contributed by atoms with Gasteiger partial charge >= 0.3 is 0 Å². The van der Waals surface area contributed by atoms with E-state index in [0.29, 0.717) is 0 Å². The van der Waals surface area contributed by atoms with Crippen LogP contribution in [0, 0.1) is 0 Å². The molecule has 9 heteroatoms. The van der Waals surface area contributed by atoms with Gasteiger partial charge in [0.15, 0.2) is 0 Å². The van der Waals surface area contributed by atoms with Crippen molar-refractivity contribution in [2.75, 3.05) is 0 Å². The zero-order valence-corrected chi connectivity index (χ0v) is 8.85. The predicted octanol–water partition coefficient (Wildman–Crippen LogP) is -1.54. The molecular weight excluding hydrogens is 226 g/mol. The molecule has 0 aliphatic heterocycles. The Hall–Kier alpha value is -2.71. The Morgan fingerprint density at radius 1 is 1.53 bits per heavy atom. The van der Waals surface area contributed by atoms with Gasteiger partial charge in [-0.2, -0.15) is 4.68 Å². The van der Waals surface area contributed by atoms with E-state index >= 15 is 0 Å². The maximum atomic E-state index is 11.7. The summed E-state index contributed by atoms with van der Waals surface area (Å²) in [6.07, 6.45) is 4.24. The van der Waals surface area contributed by atoms with Crippen molar-refractivity contribution in [2.45, 2.75) is 0 Å². The van der Waals surface area contributed by atoms with Gasteiger partial charge in [0.25, 0.3) is 5.56 Å². The molecule has 0 saturated heterocycles. The molecule has 9 nitrogen and oxygen atoms in total. The monoisotopic (exact) mass is 235 g/mol. The molecule has 0 saturated carbocycles. The first-order chi connectivity index (χ1) is 8.13. The quantitative estimate of drug-likeness (QED) is 0.281. The highest BCUT2D eigenvalue weighted by atomic mass is 16.4. The van der Waals surface area contributed by atoms with Gasteiger partial charge in [-0.1, -0.05) is 5.16 Å². The van der Waals surface area contributed by atoms with Crippen LogP contribution in [0.3, 0.4) is 0 Å². The van der Waals surface area contributed by atoms with Gasteiger partial charge in [-0.05, 0) is 0 Å². The van der Waals surface area contributed by atoms with Crippen molar-refractivity contribution in [3.05, 3.63) is 34.9 Å². The van der Waals surface area contributed by atoms with Gasteiger partial charge in [-0.3, -0.25) is 4.79 Å². The lowest BCUT2D eigenvalue weighted by atomic mass is 10.6. The number of hydrogen-bond donors (Lipinski definition) is 2. The topological polar surface area (TPSA) is 124 Å². The summed E-state index contributed by atoms with van der Waals surface area (Å²) in [6, 6.07) is 0. The smallest absolute Gasteiger partial charge is 0.295 e. The normalized spacial score (nSPS) is 11.7. The fraction of sp³-hybridized carbons (Fsp3) is 0.125. The highest BCUT2D eigenvalue weighted by Crippen LogP contribution is 1.95. The van der Waals surface area contributed by atoms with Crippen LogP contribution >= 0.6 is 0 Å². The summed E-state index contributed by atoms with van der Waals surface area (Å²) in [6.45, 7) is 0. The Labute approximate surface area is 94.8 Å². The van der Waals surface area contributed by atoms with E-state index in [1.165, 1.54) is 23.3 Å². The summed E-state index contributed by atoms with van der Waals surface area (Å²) in [5.41, 5.74) is 4.98. The Morgan fingerprint density at radius 3 is 3.00 bits per heavy atom. The maximum Gasteiger partial charge on any atom is 0.295 e. The number of nitrogens with two attached hydrogens (primary N) is 1. The molecule has 3 N–H and O–H groups in total. The van der Waals surface area contributed by atoms with Crippen LogP contribution in [0.15, 0.2) is 28.7 Å². The van der Waals surface area contributed by atoms with Gasteiger partial charge in [0.1, 0.15) is 6.33 Å². The first-order valence-corrected chi connectivity index (χ1v) is 4.55. The second-order valence-corrected chi connectivity index (χ2v) is 3.16. The predicted molar refractivity (Wildman–Crippen MR) is 56.9 cm³/mol. The molecule has 0 aliphatic carbocycles. The van der Waals surface area contributed by atoms with Crippen molar-refractivity contribution in [1.29, 1.82) is 0 Å². The number of aromatic nitrogens is 5. The van der Waals surface area contributed by atoms with Crippen LogP contribution in [0.4, 0.5) is 0 Å². The number of oxime groups is 1. The lowest BCUT2D eigenvalue weighted by molar-refractivity contribution is 0.318. The molecule has 0 aromatic carbocycles. The molecule has 2 aromatic rings. The van der Waals surface area contributed by atoms with E-state index in [1.54, 1.807) is 7.05 Å². The van der Waals surface area contributed by atoms with Crippen molar-refractivity contribution < 1.29 is 5.21 Å². The molecular formula is C8H9N7O2. The lowest BCUT2D eigenvalue weighted by Gasteiger charge is -2.00. The standard InChI is InChI=1S/C8H9N7O2/c1-14-3-2-10-7(8(14)16)15-4-11-6(12-15)5(9)13-17/h2-4,17H,1H3,(H2,9,13). The molecule has 0 spiro atoms. The van der Waals surface area contributed by atoms with E-state index < -0.39 is 0 Å². The third kappa shape index (κ3) is 1.85. The Balaban J connectivity index is 2.51. The molecule has 0 fully saturated rings. The number of rotatable bonds is 2. The van der Waals surface area contributed by atoms with Crippen molar-refractivity contribution in [2.24, 2.45) is 17.9 Å². The highest BCUT2D eigenvalue weighted by Gasteiger charge is 2.10. The molecule has 0 bridgehead atoms. The second-order valence-electron chi connectivity index (χ2n) is 3.16. The molecule has 88 valence electrons. The van der Waals surface area contributed by atoms with Gasteiger partial charge in [-0.15, -0.1) is 5.10 Å². The van der Waals surface area contributed by atoms with Crippen LogP contribution in [-0.4, -0.2) is 35.4 Å². The Bertz CT molecular complexity index is 627. The summed E-state index contributed by atoms with van der Waals surface area (Å²) in [5.74, 6) is -0.142. The van der Waals surface area contributed by atoms with Gasteiger partial charge in [0.2, 0.25) is 17.5 Å². The first-order valence-electron chi connectivity index (χ1n) is 4.55. The summed E-state index contributed by atoms with van der Waals surface area (Å²) in [7, 11) is 1.59. The van der Waals surface area contributed by atoms with Crippen LogP contribution < -0.4 is 11.3 Å². The molecule has 0 atom stereocenters. The molecule has 2 rings (SSSR count). The van der Waals surface area contributed by atoms with Crippen molar-refractivity contribution >= 4 is 5.84 Å². The van der Waals surface area contributed by atoms with Crippen LogP contribution in [-0.2, 0) is 7.05 Å². The van der Waals surface area contributed by atoms with Crippen LogP contribution in [0.25, 0.3) is 5.82 Å². The molecule has 0 radical (unpaired) electrons. The van der Waals surface area contributed by atoms with Gasteiger partial charge < -0.3 is 15.5 Å². The fourth-order valence-electron chi connectivity index (χ4n) is 1.17. The number of nitrogens with zero attached hydrogens (tertiary/aromatic N) is 6. The van der Waals surface area contributed by atoms with Gasteiger partial charge in [-0.25, -0.2) is 9.97 Å². The minimum Gasteiger partial charge on any atom is -0.409 e. The third-order valence-corrected chi connectivity index (χ3v) is 2.04. The van der Waals surface area contributed by atoms with E-state index in [1.807, 2.05) is 0 Å². The lowest BCUT2D eigenvalue weighted by Crippen LogP contribution is -2.23. The molecule has 0 unspecified atom stereocenters. The van der Waals surface area contributed by atoms with Crippen molar-refractivity contribution in [3.63, 3.8) is 0 Å². The minimum absolute atomic E-state index is 0.0141. The van der Waals surface area contributed by atoms with Crippen LogP contribution in [0.5, 0.6) is 0 Å². The largest absolute Gasteiger partial charge is 0.409 e. The zero-order valence-electron chi connectivity index (χ0n) is 8.85. The van der Waals surface area contributed by atoms with Crippen LogP contribution in [0.2, 0.25) is 0 Å². The van der Waals surface area contributed by atoms with Crippen molar-refractivity contribution in [3.8, 4) is 5.82 Å². The van der Waals surface area contributed by atoms with E-state index in [9.17, 15) is 4.79 Å². The van der Waals surface area contributed by atoms with E-state index in [4.69, 9.17) is 10.9 Å².